The SMILES string of the molecule is CC(C)CNCC1CCN(Cc2cn3ccsc3n2)CC1. The van der Waals surface area contributed by atoms with Crippen LogP contribution in [0.2, 0.25) is 0 Å². The summed E-state index contributed by atoms with van der Waals surface area (Å²) in [5.74, 6) is 1.60. The second kappa shape index (κ2) is 6.90. The number of fused-ring (bicyclic) bond motifs is 1. The maximum Gasteiger partial charge on any atom is 0.193 e. The largest absolute Gasteiger partial charge is 0.316 e. The summed E-state index contributed by atoms with van der Waals surface area (Å²) in [5, 5.41) is 5.69. The zero-order valence-electron chi connectivity index (χ0n) is 13.1. The third-order valence-electron chi connectivity index (χ3n) is 4.22. The molecule has 3 rings (SSSR count). The van der Waals surface area contributed by atoms with Crippen LogP contribution in [0, 0.1) is 11.8 Å². The molecule has 0 unspecified atom stereocenters. The van der Waals surface area contributed by atoms with Gasteiger partial charge in [0.05, 0.1) is 5.69 Å². The van der Waals surface area contributed by atoms with Crippen molar-refractivity contribution in [1.82, 2.24) is 19.6 Å². The number of imidazole rings is 1. The zero-order valence-corrected chi connectivity index (χ0v) is 13.9. The number of hydrogen-bond donors (Lipinski definition) is 1. The molecule has 3 heterocycles. The summed E-state index contributed by atoms with van der Waals surface area (Å²) in [4.78, 5) is 8.34. The molecular weight excluding hydrogens is 280 g/mol. The van der Waals surface area contributed by atoms with Gasteiger partial charge in [-0.2, -0.15) is 0 Å². The topological polar surface area (TPSA) is 32.6 Å². The van der Waals surface area contributed by atoms with E-state index in [1.807, 2.05) is 0 Å². The highest BCUT2D eigenvalue weighted by Crippen LogP contribution is 2.19. The van der Waals surface area contributed by atoms with E-state index in [0.717, 1.165) is 29.9 Å². The van der Waals surface area contributed by atoms with Crippen LogP contribution >= 0.6 is 11.3 Å². The van der Waals surface area contributed by atoms with Gasteiger partial charge >= 0.3 is 0 Å². The highest BCUT2D eigenvalue weighted by Gasteiger charge is 2.19. The number of likely N-dealkylation sites (tertiary alicyclic amines) is 1. The Morgan fingerprint density at radius 1 is 1.38 bits per heavy atom. The Kier molecular flexibility index (Phi) is 4.93. The summed E-state index contributed by atoms with van der Waals surface area (Å²) in [6.07, 6.45) is 6.88. The smallest absolute Gasteiger partial charge is 0.193 e. The third-order valence-corrected chi connectivity index (χ3v) is 4.99. The summed E-state index contributed by atoms with van der Waals surface area (Å²) in [6, 6.07) is 0. The molecule has 1 aliphatic heterocycles. The summed E-state index contributed by atoms with van der Waals surface area (Å²) < 4.78 is 2.13. The normalized spacial score (nSPS) is 18.0. The molecule has 0 radical (unpaired) electrons. The predicted octanol–water partition coefficient (Wildman–Crippen LogP) is 2.85. The second-order valence-corrected chi connectivity index (χ2v) is 7.47. The first-order chi connectivity index (χ1) is 10.2. The summed E-state index contributed by atoms with van der Waals surface area (Å²) in [7, 11) is 0. The van der Waals surface area contributed by atoms with Crippen LogP contribution in [-0.4, -0.2) is 40.5 Å². The van der Waals surface area contributed by atoms with Crippen molar-refractivity contribution >= 4 is 16.3 Å². The monoisotopic (exact) mass is 306 g/mol. The highest BCUT2D eigenvalue weighted by molar-refractivity contribution is 7.15. The number of thiazole rings is 1. The Balaban J connectivity index is 1.42. The van der Waals surface area contributed by atoms with Crippen molar-refractivity contribution in [3.8, 4) is 0 Å². The molecule has 116 valence electrons. The molecule has 0 atom stereocenters. The molecule has 0 saturated carbocycles. The van der Waals surface area contributed by atoms with E-state index in [4.69, 9.17) is 0 Å². The minimum absolute atomic E-state index is 0.750. The quantitative estimate of drug-likeness (QED) is 0.891. The van der Waals surface area contributed by atoms with Gasteiger partial charge in [-0.3, -0.25) is 9.30 Å². The van der Waals surface area contributed by atoms with Crippen molar-refractivity contribution in [2.24, 2.45) is 11.8 Å². The van der Waals surface area contributed by atoms with Crippen LogP contribution in [0.4, 0.5) is 0 Å². The lowest BCUT2D eigenvalue weighted by Crippen LogP contribution is -2.37. The van der Waals surface area contributed by atoms with Crippen LogP contribution in [0.3, 0.4) is 0 Å². The van der Waals surface area contributed by atoms with Crippen molar-refractivity contribution < 1.29 is 0 Å². The van der Waals surface area contributed by atoms with Gasteiger partial charge in [-0.15, -0.1) is 11.3 Å². The number of piperidine rings is 1. The van der Waals surface area contributed by atoms with E-state index in [9.17, 15) is 0 Å². The fourth-order valence-corrected chi connectivity index (χ4v) is 3.73. The van der Waals surface area contributed by atoms with Crippen LogP contribution in [0.15, 0.2) is 17.8 Å². The van der Waals surface area contributed by atoms with Gasteiger partial charge in [0.25, 0.3) is 0 Å². The Labute approximate surface area is 131 Å². The molecule has 0 amide bonds. The Hall–Kier alpha value is -0.910. The van der Waals surface area contributed by atoms with Gasteiger partial charge in [0.2, 0.25) is 0 Å². The average molecular weight is 306 g/mol. The lowest BCUT2D eigenvalue weighted by atomic mass is 9.96. The van der Waals surface area contributed by atoms with E-state index in [1.54, 1.807) is 11.3 Å². The lowest BCUT2D eigenvalue weighted by Gasteiger charge is -2.31. The van der Waals surface area contributed by atoms with Gasteiger partial charge in [-0.1, -0.05) is 13.8 Å². The molecule has 0 bridgehead atoms. The maximum atomic E-state index is 4.68. The zero-order chi connectivity index (χ0) is 14.7. The van der Waals surface area contributed by atoms with Crippen molar-refractivity contribution in [3.63, 3.8) is 0 Å². The first-order valence-electron chi connectivity index (χ1n) is 8.05. The van der Waals surface area contributed by atoms with Crippen LogP contribution in [0.25, 0.3) is 4.96 Å². The number of nitrogens with zero attached hydrogens (tertiary/aromatic N) is 3. The standard InChI is InChI=1S/C16H26N4S/c1-13(2)9-17-10-14-3-5-19(6-4-14)11-15-12-20-7-8-21-16(20)18-15/h7-8,12-14,17H,3-6,9-11H2,1-2H3. The highest BCUT2D eigenvalue weighted by atomic mass is 32.1. The molecule has 1 saturated heterocycles. The maximum absolute atomic E-state index is 4.68. The molecule has 21 heavy (non-hydrogen) atoms. The van der Waals surface area contributed by atoms with Crippen molar-refractivity contribution in [2.45, 2.75) is 33.2 Å². The number of aromatic nitrogens is 2. The Morgan fingerprint density at radius 3 is 2.90 bits per heavy atom. The predicted molar refractivity (Wildman–Crippen MR) is 88.8 cm³/mol. The van der Waals surface area contributed by atoms with E-state index < -0.39 is 0 Å². The summed E-state index contributed by atoms with van der Waals surface area (Å²) >= 11 is 1.71. The van der Waals surface area contributed by atoms with E-state index in [2.05, 4.69) is 51.2 Å². The van der Waals surface area contributed by atoms with Crippen LogP contribution < -0.4 is 5.32 Å². The molecule has 0 aromatic carbocycles. The summed E-state index contributed by atoms with van der Waals surface area (Å²) in [5.41, 5.74) is 1.21. The van der Waals surface area contributed by atoms with Crippen molar-refractivity contribution in [1.29, 1.82) is 0 Å². The molecule has 4 nitrogen and oxygen atoms in total. The van der Waals surface area contributed by atoms with Gasteiger partial charge in [0.1, 0.15) is 0 Å². The van der Waals surface area contributed by atoms with Gasteiger partial charge in [-0.25, -0.2) is 4.98 Å². The minimum atomic E-state index is 0.750. The van der Waals surface area contributed by atoms with E-state index >= 15 is 0 Å². The van der Waals surface area contributed by atoms with E-state index in [0.29, 0.717) is 0 Å². The first kappa shape index (κ1) is 15.0. The molecule has 1 fully saturated rings. The van der Waals surface area contributed by atoms with Crippen molar-refractivity contribution in [2.75, 3.05) is 26.2 Å². The van der Waals surface area contributed by atoms with Gasteiger partial charge < -0.3 is 5.32 Å². The van der Waals surface area contributed by atoms with Crippen molar-refractivity contribution in [3.05, 3.63) is 23.5 Å². The first-order valence-corrected chi connectivity index (χ1v) is 8.93. The number of rotatable bonds is 6. The summed E-state index contributed by atoms with van der Waals surface area (Å²) in [6.45, 7) is 10.3. The van der Waals surface area contributed by atoms with Gasteiger partial charge in [-0.05, 0) is 50.9 Å². The molecule has 0 aliphatic carbocycles. The minimum Gasteiger partial charge on any atom is -0.316 e. The van der Waals surface area contributed by atoms with E-state index in [-0.39, 0.29) is 0 Å². The van der Waals surface area contributed by atoms with Gasteiger partial charge in [0, 0.05) is 24.3 Å². The van der Waals surface area contributed by atoms with Crippen LogP contribution in [0.1, 0.15) is 32.4 Å². The Morgan fingerprint density at radius 2 is 2.19 bits per heavy atom. The molecule has 2 aromatic rings. The molecule has 0 spiro atoms. The average Bonchev–Trinajstić information content (AvgIpc) is 3.01. The lowest BCUT2D eigenvalue weighted by molar-refractivity contribution is 0.173. The van der Waals surface area contributed by atoms with Gasteiger partial charge in [0.15, 0.2) is 4.96 Å². The molecule has 1 N–H and O–H groups in total. The molecule has 5 heteroatoms. The fourth-order valence-electron chi connectivity index (χ4n) is 3.01. The van der Waals surface area contributed by atoms with E-state index in [1.165, 1.54) is 38.2 Å². The molecule has 2 aromatic heterocycles. The molecular formula is C16H26N4S. The Bertz CT molecular complexity index is 523. The van der Waals surface area contributed by atoms with Crippen LogP contribution in [0.5, 0.6) is 0 Å². The molecule has 1 aliphatic rings. The fraction of sp³-hybridized carbons (Fsp3) is 0.688. The number of nitrogens with one attached hydrogen (secondary N) is 1. The third kappa shape index (κ3) is 4.05. The van der Waals surface area contributed by atoms with Crippen LogP contribution in [-0.2, 0) is 6.54 Å². The number of hydrogen-bond acceptors (Lipinski definition) is 4. The second-order valence-electron chi connectivity index (χ2n) is 6.60.